The molecule has 7 heteroatoms. The van der Waals surface area contributed by atoms with Crippen LogP contribution in [0, 0.1) is 0 Å². The van der Waals surface area contributed by atoms with Crippen LogP contribution in [-0.4, -0.2) is 21.8 Å². The van der Waals surface area contributed by atoms with E-state index in [1.54, 1.807) is 18.2 Å². The Morgan fingerprint density at radius 3 is 2.73 bits per heavy atom. The summed E-state index contributed by atoms with van der Waals surface area (Å²) >= 11 is 1.33. The van der Waals surface area contributed by atoms with Gasteiger partial charge in [0.05, 0.1) is 11.4 Å². The second-order valence-corrected chi connectivity index (χ2v) is 5.38. The zero-order valence-corrected chi connectivity index (χ0v) is 12.2. The SMILES string of the molecule is NC(=O)c1cccc(C(=O)Nc2nc(-c3ccc[nH]3)cs2)c1. The van der Waals surface area contributed by atoms with Crippen molar-refractivity contribution in [2.75, 3.05) is 5.32 Å². The van der Waals surface area contributed by atoms with Gasteiger partial charge in [-0.1, -0.05) is 6.07 Å². The van der Waals surface area contributed by atoms with E-state index in [2.05, 4.69) is 15.3 Å². The third-order valence-corrected chi connectivity index (χ3v) is 3.77. The van der Waals surface area contributed by atoms with E-state index in [-0.39, 0.29) is 5.91 Å². The van der Waals surface area contributed by atoms with Crippen molar-refractivity contribution < 1.29 is 9.59 Å². The highest BCUT2D eigenvalue weighted by Gasteiger charge is 2.11. The van der Waals surface area contributed by atoms with E-state index in [1.807, 2.05) is 23.7 Å². The van der Waals surface area contributed by atoms with Crippen LogP contribution in [0.15, 0.2) is 48.0 Å². The van der Waals surface area contributed by atoms with Crippen molar-refractivity contribution in [1.82, 2.24) is 9.97 Å². The normalized spacial score (nSPS) is 10.4. The van der Waals surface area contributed by atoms with Gasteiger partial charge in [0.15, 0.2) is 5.13 Å². The maximum atomic E-state index is 12.2. The quantitative estimate of drug-likeness (QED) is 0.690. The molecule has 0 aliphatic rings. The number of rotatable bonds is 4. The lowest BCUT2D eigenvalue weighted by atomic mass is 10.1. The highest BCUT2D eigenvalue weighted by atomic mass is 32.1. The Bertz CT molecular complexity index is 824. The van der Waals surface area contributed by atoms with E-state index in [9.17, 15) is 9.59 Å². The van der Waals surface area contributed by atoms with E-state index in [0.29, 0.717) is 16.3 Å². The summed E-state index contributed by atoms with van der Waals surface area (Å²) in [5, 5.41) is 5.04. The van der Waals surface area contributed by atoms with Crippen LogP contribution in [0.4, 0.5) is 5.13 Å². The number of amides is 2. The molecule has 0 atom stereocenters. The molecule has 0 saturated carbocycles. The van der Waals surface area contributed by atoms with Gasteiger partial charge in [-0.15, -0.1) is 11.3 Å². The number of anilines is 1. The van der Waals surface area contributed by atoms with Gasteiger partial charge < -0.3 is 10.7 Å². The summed E-state index contributed by atoms with van der Waals surface area (Å²) in [6.07, 6.45) is 1.81. The number of hydrogen-bond acceptors (Lipinski definition) is 4. The van der Waals surface area contributed by atoms with Crippen LogP contribution in [0.25, 0.3) is 11.4 Å². The molecule has 0 aliphatic carbocycles. The molecule has 2 heterocycles. The highest BCUT2D eigenvalue weighted by Crippen LogP contribution is 2.23. The molecular formula is C15H12N4O2S. The fourth-order valence-electron chi connectivity index (χ4n) is 1.93. The molecule has 6 nitrogen and oxygen atoms in total. The van der Waals surface area contributed by atoms with Gasteiger partial charge in [-0.3, -0.25) is 14.9 Å². The summed E-state index contributed by atoms with van der Waals surface area (Å²) in [4.78, 5) is 30.7. The topological polar surface area (TPSA) is 101 Å². The molecule has 0 radical (unpaired) electrons. The second-order valence-electron chi connectivity index (χ2n) is 4.52. The number of thiazole rings is 1. The van der Waals surface area contributed by atoms with Crippen LogP contribution in [0.2, 0.25) is 0 Å². The minimum Gasteiger partial charge on any atom is -0.366 e. The van der Waals surface area contributed by atoms with Crippen LogP contribution in [0.3, 0.4) is 0 Å². The summed E-state index contributed by atoms with van der Waals surface area (Å²) in [6.45, 7) is 0. The number of nitrogens with one attached hydrogen (secondary N) is 2. The number of carbonyl (C=O) groups is 2. The molecule has 0 saturated heterocycles. The predicted molar refractivity (Wildman–Crippen MR) is 84.8 cm³/mol. The number of aromatic nitrogens is 2. The van der Waals surface area contributed by atoms with Gasteiger partial charge in [0.25, 0.3) is 5.91 Å². The number of nitrogens with two attached hydrogens (primary N) is 1. The summed E-state index contributed by atoms with van der Waals surface area (Å²) < 4.78 is 0. The minimum absolute atomic E-state index is 0.291. The van der Waals surface area contributed by atoms with Gasteiger partial charge in [-0.25, -0.2) is 4.98 Å². The fourth-order valence-corrected chi connectivity index (χ4v) is 2.63. The first-order valence-corrected chi connectivity index (χ1v) is 7.32. The van der Waals surface area contributed by atoms with Gasteiger partial charge in [-0.2, -0.15) is 0 Å². The second kappa shape index (κ2) is 5.82. The first-order valence-electron chi connectivity index (χ1n) is 6.44. The zero-order chi connectivity index (χ0) is 15.5. The summed E-state index contributed by atoms with van der Waals surface area (Å²) in [5.41, 5.74) is 7.50. The Morgan fingerprint density at radius 2 is 2.00 bits per heavy atom. The largest absolute Gasteiger partial charge is 0.366 e. The van der Waals surface area contributed by atoms with Gasteiger partial charge in [-0.05, 0) is 30.3 Å². The summed E-state index contributed by atoms with van der Waals surface area (Å²) in [6, 6.07) is 10.0. The fraction of sp³-hybridized carbons (Fsp3) is 0. The van der Waals surface area contributed by atoms with Gasteiger partial charge in [0.1, 0.15) is 0 Å². The van der Waals surface area contributed by atoms with Crippen molar-refractivity contribution in [1.29, 1.82) is 0 Å². The molecule has 3 aromatic rings. The molecule has 4 N–H and O–H groups in total. The summed E-state index contributed by atoms with van der Waals surface area (Å²) in [7, 11) is 0. The van der Waals surface area contributed by atoms with E-state index in [0.717, 1.165) is 11.4 Å². The predicted octanol–water partition coefficient (Wildman–Crippen LogP) is 2.49. The average Bonchev–Trinajstić information content (AvgIpc) is 3.18. The number of primary amides is 1. The van der Waals surface area contributed by atoms with Crippen LogP contribution in [0.5, 0.6) is 0 Å². The Labute approximate surface area is 130 Å². The Balaban J connectivity index is 1.77. The van der Waals surface area contributed by atoms with Crippen molar-refractivity contribution in [2.24, 2.45) is 5.73 Å². The third-order valence-electron chi connectivity index (χ3n) is 3.01. The van der Waals surface area contributed by atoms with Gasteiger partial charge in [0.2, 0.25) is 5.91 Å². The maximum absolute atomic E-state index is 12.2. The highest BCUT2D eigenvalue weighted by molar-refractivity contribution is 7.14. The molecule has 22 heavy (non-hydrogen) atoms. The zero-order valence-electron chi connectivity index (χ0n) is 11.4. The molecule has 110 valence electrons. The molecule has 0 bridgehead atoms. The first-order chi connectivity index (χ1) is 10.6. The number of aromatic amines is 1. The molecule has 3 rings (SSSR count). The third kappa shape index (κ3) is 2.89. The lowest BCUT2D eigenvalue weighted by molar-refractivity contribution is 0.1000. The number of hydrogen-bond donors (Lipinski definition) is 3. The number of benzene rings is 1. The molecule has 0 aliphatic heterocycles. The maximum Gasteiger partial charge on any atom is 0.257 e. The Hall–Kier alpha value is -2.93. The van der Waals surface area contributed by atoms with Crippen LogP contribution >= 0.6 is 11.3 Å². The van der Waals surface area contributed by atoms with Gasteiger partial charge in [0, 0.05) is 22.7 Å². The van der Waals surface area contributed by atoms with Gasteiger partial charge >= 0.3 is 0 Å². The average molecular weight is 312 g/mol. The van der Waals surface area contributed by atoms with Crippen molar-refractivity contribution in [3.05, 3.63) is 59.1 Å². The molecule has 2 aromatic heterocycles. The van der Waals surface area contributed by atoms with Crippen molar-refractivity contribution in [2.45, 2.75) is 0 Å². The number of H-pyrrole nitrogens is 1. The standard InChI is InChI=1S/C15H12N4O2S/c16-13(20)9-3-1-4-10(7-9)14(21)19-15-18-12(8-22-15)11-5-2-6-17-11/h1-8,17H,(H2,16,20)(H,18,19,21). The van der Waals surface area contributed by atoms with Crippen molar-refractivity contribution in [3.63, 3.8) is 0 Å². The first kappa shape index (κ1) is 14.0. The molecular weight excluding hydrogens is 300 g/mol. The monoisotopic (exact) mass is 312 g/mol. The van der Waals surface area contributed by atoms with E-state index in [4.69, 9.17) is 5.73 Å². The van der Waals surface area contributed by atoms with Crippen LogP contribution in [-0.2, 0) is 0 Å². The van der Waals surface area contributed by atoms with Crippen molar-refractivity contribution >= 4 is 28.3 Å². The lowest BCUT2D eigenvalue weighted by Gasteiger charge is -2.03. The molecule has 0 spiro atoms. The Morgan fingerprint density at radius 1 is 1.18 bits per heavy atom. The van der Waals surface area contributed by atoms with E-state index >= 15 is 0 Å². The smallest absolute Gasteiger partial charge is 0.257 e. The molecule has 2 amide bonds. The Kier molecular flexibility index (Phi) is 3.71. The molecule has 1 aromatic carbocycles. The van der Waals surface area contributed by atoms with E-state index in [1.165, 1.54) is 17.4 Å². The minimum atomic E-state index is -0.571. The molecule has 0 unspecified atom stereocenters. The number of carbonyl (C=O) groups excluding carboxylic acids is 2. The summed E-state index contributed by atoms with van der Waals surface area (Å²) in [5.74, 6) is -0.909. The van der Waals surface area contributed by atoms with Crippen LogP contribution in [0.1, 0.15) is 20.7 Å². The van der Waals surface area contributed by atoms with Crippen molar-refractivity contribution in [3.8, 4) is 11.4 Å². The number of nitrogens with zero attached hydrogens (tertiary/aromatic N) is 1. The lowest BCUT2D eigenvalue weighted by Crippen LogP contribution is -2.15. The van der Waals surface area contributed by atoms with Crippen LogP contribution < -0.4 is 11.1 Å². The molecule has 0 fully saturated rings. The van der Waals surface area contributed by atoms with E-state index < -0.39 is 5.91 Å².